The molecular weight excluding hydrogens is 855 g/mol. The third-order valence-corrected chi connectivity index (χ3v) is 12.8. The summed E-state index contributed by atoms with van der Waals surface area (Å²) in [5, 5.41) is 0. The minimum atomic E-state index is -0.302. The highest BCUT2D eigenvalue weighted by molar-refractivity contribution is 5.88. The van der Waals surface area contributed by atoms with Gasteiger partial charge in [0.25, 0.3) is 0 Å². The van der Waals surface area contributed by atoms with Gasteiger partial charge in [0, 0.05) is 22.5 Å². The molecule has 0 aliphatic heterocycles. The van der Waals surface area contributed by atoms with E-state index < -0.39 is 0 Å². The molecular formula is C70H79N. The topological polar surface area (TPSA) is 3.24 Å². The molecule has 1 atom stereocenters. The van der Waals surface area contributed by atoms with Gasteiger partial charge in [0.05, 0.1) is 0 Å². The molecule has 1 unspecified atom stereocenters. The first-order valence-corrected chi connectivity index (χ1v) is 25.3. The van der Waals surface area contributed by atoms with E-state index >= 15 is 0 Å². The zero-order valence-electron chi connectivity index (χ0n) is 45.3. The van der Waals surface area contributed by atoms with Crippen molar-refractivity contribution in [1.82, 2.24) is 0 Å². The Hall–Kier alpha value is -7.48. The number of nitrogens with zero attached hydrogens (tertiary/aromatic N) is 1. The van der Waals surface area contributed by atoms with Crippen LogP contribution in [0.25, 0.3) is 39.0 Å². The van der Waals surface area contributed by atoms with E-state index in [1.807, 2.05) is 60.6 Å². The van der Waals surface area contributed by atoms with Gasteiger partial charge in [-0.3, -0.25) is 0 Å². The fraction of sp³-hybridized carbons (Fsp3) is 0.200. The number of hydrogen-bond acceptors (Lipinski definition) is 1. The van der Waals surface area contributed by atoms with Crippen molar-refractivity contribution in [3.63, 3.8) is 0 Å². The van der Waals surface area contributed by atoms with Crippen LogP contribution in [0.1, 0.15) is 108 Å². The predicted octanol–water partition coefficient (Wildman–Crippen LogP) is 21.2. The minimum absolute atomic E-state index is 0.302. The second-order valence-electron chi connectivity index (χ2n) is 17.6. The van der Waals surface area contributed by atoms with Gasteiger partial charge in [0.15, 0.2) is 0 Å². The first-order chi connectivity index (χ1) is 34.4. The van der Waals surface area contributed by atoms with Gasteiger partial charge in [-0.15, -0.1) is 13.2 Å². The smallest absolute Gasteiger partial charge is 0.0465 e. The maximum atomic E-state index is 4.26. The fourth-order valence-electron chi connectivity index (χ4n) is 9.10. The van der Waals surface area contributed by atoms with E-state index in [9.17, 15) is 0 Å². The summed E-state index contributed by atoms with van der Waals surface area (Å²) in [5.74, 6) is 0. The van der Waals surface area contributed by atoms with Crippen LogP contribution < -0.4 is 4.90 Å². The zero-order chi connectivity index (χ0) is 52.3. The normalized spacial score (nSPS) is 13.3. The molecule has 7 aromatic rings. The Bertz CT molecular complexity index is 2980. The van der Waals surface area contributed by atoms with Gasteiger partial charge in [-0.05, 0) is 188 Å². The average molecular weight is 934 g/mol. The van der Waals surface area contributed by atoms with Crippen LogP contribution in [0.2, 0.25) is 0 Å². The second kappa shape index (κ2) is 27.1. The summed E-state index contributed by atoms with van der Waals surface area (Å²) in [6.07, 6.45) is 12.3. The number of hydrogen-bond donors (Lipinski definition) is 0. The summed E-state index contributed by atoms with van der Waals surface area (Å²) >= 11 is 0. The first-order valence-electron chi connectivity index (χ1n) is 25.3. The van der Waals surface area contributed by atoms with Crippen molar-refractivity contribution in [1.29, 1.82) is 0 Å². The molecule has 7 aromatic carbocycles. The number of allylic oxidation sites excluding steroid dienone is 10. The Labute approximate surface area is 430 Å². The third-order valence-electron chi connectivity index (χ3n) is 12.8. The quantitative estimate of drug-likeness (QED) is 0.0923. The highest BCUT2D eigenvalue weighted by Gasteiger charge is 2.41. The highest BCUT2D eigenvalue weighted by atomic mass is 15.1. The number of benzene rings is 7. The van der Waals surface area contributed by atoms with Crippen molar-refractivity contribution < 1.29 is 0 Å². The van der Waals surface area contributed by atoms with E-state index in [4.69, 9.17) is 0 Å². The molecule has 1 aliphatic carbocycles. The van der Waals surface area contributed by atoms with Crippen molar-refractivity contribution in [2.45, 2.75) is 95.4 Å². The lowest BCUT2D eigenvalue weighted by Gasteiger charge is -2.31. The molecule has 1 heteroatoms. The zero-order valence-corrected chi connectivity index (χ0v) is 45.3. The van der Waals surface area contributed by atoms with Gasteiger partial charge < -0.3 is 4.90 Å². The van der Waals surface area contributed by atoms with Gasteiger partial charge in [0.2, 0.25) is 0 Å². The summed E-state index contributed by atoms with van der Waals surface area (Å²) in [6, 6.07) is 58.6. The van der Waals surface area contributed by atoms with Gasteiger partial charge in [-0.2, -0.15) is 0 Å². The Kier molecular flexibility index (Phi) is 21.4. The Morgan fingerprint density at radius 3 is 1.66 bits per heavy atom. The van der Waals surface area contributed by atoms with Crippen LogP contribution in [0.5, 0.6) is 0 Å². The van der Waals surface area contributed by atoms with E-state index in [2.05, 4.69) is 249 Å². The lowest BCUT2D eigenvalue weighted by Crippen LogP contribution is -2.22. The Balaban J connectivity index is 0.000000832. The van der Waals surface area contributed by atoms with E-state index in [0.29, 0.717) is 0 Å². The maximum absolute atomic E-state index is 4.26. The van der Waals surface area contributed by atoms with Crippen molar-refractivity contribution in [2.75, 3.05) is 4.90 Å². The fourth-order valence-corrected chi connectivity index (χ4v) is 9.10. The monoisotopic (exact) mass is 934 g/mol. The average Bonchev–Trinajstić information content (AvgIpc) is 3.67. The van der Waals surface area contributed by atoms with Crippen LogP contribution in [-0.4, -0.2) is 0 Å². The molecule has 0 aromatic heterocycles. The number of fused-ring (bicyclic) bond motifs is 3. The Morgan fingerprint density at radius 1 is 0.549 bits per heavy atom. The van der Waals surface area contributed by atoms with Crippen LogP contribution in [0, 0.1) is 20.8 Å². The number of anilines is 3. The largest absolute Gasteiger partial charge is 0.310 e. The molecule has 8 rings (SSSR count). The van der Waals surface area contributed by atoms with E-state index in [-0.39, 0.29) is 5.41 Å². The first kappa shape index (κ1) is 56.1. The van der Waals surface area contributed by atoms with Crippen molar-refractivity contribution in [2.24, 2.45) is 0 Å². The molecule has 0 N–H and O–H groups in total. The molecule has 0 fully saturated rings. The Morgan fingerprint density at radius 2 is 1.08 bits per heavy atom. The van der Waals surface area contributed by atoms with Gasteiger partial charge >= 0.3 is 0 Å². The van der Waals surface area contributed by atoms with Gasteiger partial charge in [0.1, 0.15) is 0 Å². The van der Waals surface area contributed by atoms with Crippen LogP contribution in [-0.2, 0) is 5.41 Å². The summed E-state index contributed by atoms with van der Waals surface area (Å²) in [7, 11) is 0. The molecule has 0 saturated carbocycles. The van der Waals surface area contributed by atoms with Gasteiger partial charge in [-0.25, -0.2) is 0 Å². The van der Waals surface area contributed by atoms with Crippen LogP contribution in [0.15, 0.2) is 237 Å². The summed E-state index contributed by atoms with van der Waals surface area (Å²) in [4.78, 5) is 2.41. The van der Waals surface area contributed by atoms with Crippen molar-refractivity contribution in [3.8, 4) is 33.4 Å². The van der Waals surface area contributed by atoms with E-state index in [1.165, 1.54) is 83.5 Å². The maximum Gasteiger partial charge on any atom is 0.0465 e. The number of rotatable bonds is 11. The SMILES string of the molecule is C=C.C=C(/C=C\C)/C(C)=C/C(=C\C)c1ccc(N(c2ccc(-c3ccc(C)c(-c4cc(C)ccc4C)c3)cc2)c2ccc3c(c2)C(C)(c2ccccc2)c2ccccc2-3)cc1.C=CC=C(C)C.CC.CC. The lowest BCUT2D eigenvalue weighted by molar-refractivity contribution is 0.714. The van der Waals surface area contributed by atoms with E-state index in [0.717, 1.165) is 28.2 Å². The molecule has 0 amide bonds. The highest BCUT2D eigenvalue weighted by Crippen LogP contribution is 2.54. The predicted molar refractivity (Wildman–Crippen MR) is 319 cm³/mol. The molecule has 0 bridgehead atoms. The molecule has 71 heavy (non-hydrogen) atoms. The van der Waals surface area contributed by atoms with Crippen molar-refractivity contribution >= 4 is 22.6 Å². The molecule has 0 saturated heterocycles. The standard InChI is InChI=1S/C58H53N.C6H10.2C2H6.C2H4/c1-9-16-40(4)43(7)36-44(10-2)45-25-29-49(30-26-45)59(50-31-27-46(28-32-50)47-24-23-42(6)55(37-47)54-35-39(3)21-22-41(54)5)51-33-34-53-52-19-14-15-20-56(52)58(8,57(53)38-51)48-17-12-11-13-18-48;1-4-5-6(2)3;3*1-2/h9-38H,4H2,1-3,5-8H3;4-5H,1H2,2-3H3;2*1-2H3;1-2H2/b16-9-,43-36+,44-10+;;;;. The molecule has 364 valence electrons. The van der Waals surface area contributed by atoms with Gasteiger partial charge in [-0.1, -0.05) is 204 Å². The third kappa shape index (κ3) is 13.0. The molecule has 0 heterocycles. The molecule has 0 spiro atoms. The van der Waals surface area contributed by atoms with E-state index in [1.54, 1.807) is 6.08 Å². The van der Waals surface area contributed by atoms with Crippen LogP contribution in [0.3, 0.4) is 0 Å². The second-order valence-corrected chi connectivity index (χ2v) is 17.6. The van der Waals surface area contributed by atoms with Crippen LogP contribution in [0.4, 0.5) is 17.1 Å². The van der Waals surface area contributed by atoms with Crippen molar-refractivity contribution in [3.05, 3.63) is 276 Å². The van der Waals surface area contributed by atoms with Crippen LogP contribution >= 0.6 is 0 Å². The molecule has 0 radical (unpaired) electrons. The molecule has 1 nitrogen and oxygen atoms in total. The summed E-state index contributed by atoms with van der Waals surface area (Å²) < 4.78 is 0. The minimum Gasteiger partial charge on any atom is -0.310 e. The summed E-state index contributed by atoms with van der Waals surface area (Å²) in [5.41, 5.74) is 24.2. The number of aryl methyl sites for hydroxylation is 3. The summed E-state index contributed by atoms with van der Waals surface area (Å²) in [6.45, 7) is 41.1. The lowest BCUT2D eigenvalue weighted by atomic mass is 9.74. The molecule has 1 aliphatic rings.